The van der Waals surface area contributed by atoms with E-state index in [2.05, 4.69) is 12.0 Å². The number of nitrogens with two attached hydrogens (primary N) is 1. The van der Waals surface area contributed by atoms with E-state index in [1.165, 1.54) is 6.42 Å². The molecule has 3 atom stereocenters. The van der Waals surface area contributed by atoms with E-state index in [1.807, 2.05) is 11.7 Å². The van der Waals surface area contributed by atoms with Crippen LogP contribution in [0.15, 0.2) is 6.20 Å². The summed E-state index contributed by atoms with van der Waals surface area (Å²) in [5, 5.41) is 4.26. The van der Waals surface area contributed by atoms with Gasteiger partial charge in [0, 0.05) is 19.0 Å². The van der Waals surface area contributed by atoms with Gasteiger partial charge in [0.05, 0.1) is 19.0 Å². The van der Waals surface area contributed by atoms with Crippen molar-refractivity contribution in [3.05, 3.63) is 11.9 Å². The summed E-state index contributed by atoms with van der Waals surface area (Å²) in [6, 6.07) is 0.237. The lowest BCUT2D eigenvalue weighted by atomic mass is 9.77. The van der Waals surface area contributed by atoms with E-state index in [0.29, 0.717) is 5.92 Å². The molecule has 0 bridgehead atoms. The van der Waals surface area contributed by atoms with Gasteiger partial charge in [0.25, 0.3) is 0 Å². The Balaban J connectivity index is 2.30. The fourth-order valence-corrected chi connectivity index (χ4v) is 2.73. The van der Waals surface area contributed by atoms with E-state index in [9.17, 15) is 0 Å². The molecular weight excluding hydrogens is 202 g/mol. The zero-order valence-electron chi connectivity index (χ0n) is 10.3. The van der Waals surface area contributed by atoms with Crippen molar-refractivity contribution < 1.29 is 4.74 Å². The highest BCUT2D eigenvalue weighted by Gasteiger charge is 2.31. The molecule has 4 nitrogen and oxygen atoms in total. The van der Waals surface area contributed by atoms with Crippen molar-refractivity contribution in [2.45, 2.75) is 38.1 Å². The fraction of sp³-hybridized carbons (Fsp3) is 0.750. The number of ether oxygens (including phenoxy) is 1. The second-order valence-electron chi connectivity index (χ2n) is 4.91. The number of hydrogen-bond donors (Lipinski definition) is 1. The number of hydrogen-bond acceptors (Lipinski definition) is 3. The zero-order chi connectivity index (χ0) is 11.7. The summed E-state index contributed by atoms with van der Waals surface area (Å²) in [4.78, 5) is 0. The minimum Gasteiger partial charge on any atom is -0.493 e. The standard InChI is InChI=1S/C12H21N3O/c1-8-4-5-10(13)9(6-8)12-11(16-3)7-14-15(12)2/h7-10H,4-6,13H2,1-3H3. The van der Waals surface area contributed by atoms with Gasteiger partial charge in [0.1, 0.15) is 0 Å². The summed E-state index contributed by atoms with van der Waals surface area (Å²) in [5.74, 6) is 1.99. The second kappa shape index (κ2) is 4.45. The number of rotatable bonds is 2. The van der Waals surface area contributed by atoms with Crippen LogP contribution in [-0.4, -0.2) is 22.9 Å². The third-order valence-corrected chi connectivity index (χ3v) is 3.69. The Kier molecular flexibility index (Phi) is 3.19. The van der Waals surface area contributed by atoms with Crippen molar-refractivity contribution in [1.29, 1.82) is 0 Å². The van der Waals surface area contributed by atoms with Gasteiger partial charge in [-0.05, 0) is 25.2 Å². The molecule has 0 spiro atoms. The van der Waals surface area contributed by atoms with Crippen molar-refractivity contribution in [2.24, 2.45) is 18.7 Å². The molecule has 1 saturated carbocycles. The summed E-state index contributed by atoms with van der Waals surface area (Å²) in [5.41, 5.74) is 7.38. The van der Waals surface area contributed by atoms with Gasteiger partial charge < -0.3 is 10.5 Å². The maximum atomic E-state index is 6.23. The van der Waals surface area contributed by atoms with E-state index >= 15 is 0 Å². The Morgan fingerprint density at radius 2 is 2.25 bits per heavy atom. The van der Waals surface area contributed by atoms with Gasteiger partial charge in [-0.2, -0.15) is 5.10 Å². The minimum absolute atomic E-state index is 0.237. The highest BCUT2D eigenvalue weighted by Crippen LogP contribution is 2.38. The van der Waals surface area contributed by atoms with Gasteiger partial charge in [-0.25, -0.2) is 0 Å². The minimum atomic E-state index is 0.237. The van der Waals surface area contributed by atoms with Crippen molar-refractivity contribution >= 4 is 0 Å². The summed E-state index contributed by atoms with van der Waals surface area (Å²) in [6.45, 7) is 2.29. The predicted molar refractivity (Wildman–Crippen MR) is 63.5 cm³/mol. The van der Waals surface area contributed by atoms with Crippen molar-refractivity contribution in [3.63, 3.8) is 0 Å². The zero-order valence-corrected chi connectivity index (χ0v) is 10.3. The maximum absolute atomic E-state index is 6.23. The van der Waals surface area contributed by atoms with Gasteiger partial charge in [-0.3, -0.25) is 4.68 Å². The molecule has 0 amide bonds. The van der Waals surface area contributed by atoms with E-state index < -0.39 is 0 Å². The van der Waals surface area contributed by atoms with Crippen LogP contribution in [0.25, 0.3) is 0 Å². The Labute approximate surface area is 96.8 Å². The number of methoxy groups -OCH3 is 1. The summed E-state index contributed by atoms with van der Waals surface area (Å²) in [6.07, 6.45) is 5.25. The Morgan fingerprint density at radius 3 is 2.94 bits per heavy atom. The van der Waals surface area contributed by atoms with E-state index in [-0.39, 0.29) is 6.04 Å². The molecule has 1 aromatic rings. The van der Waals surface area contributed by atoms with Crippen LogP contribution in [0, 0.1) is 5.92 Å². The molecule has 0 aromatic carbocycles. The molecule has 1 aliphatic rings. The average molecular weight is 223 g/mol. The lowest BCUT2D eigenvalue weighted by Gasteiger charge is -2.32. The van der Waals surface area contributed by atoms with Crippen molar-refractivity contribution in [1.82, 2.24) is 9.78 Å². The maximum Gasteiger partial charge on any atom is 0.160 e. The Bertz CT molecular complexity index is 361. The summed E-state index contributed by atoms with van der Waals surface area (Å²) >= 11 is 0. The van der Waals surface area contributed by atoms with Crippen LogP contribution in [0.5, 0.6) is 5.75 Å². The molecule has 2 rings (SSSR count). The van der Waals surface area contributed by atoms with Gasteiger partial charge in [-0.1, -0.05) is 6.92 Å². The molecule has 1 heterocycles. The molecule has 1 aliphatic carbocycles. The third kappa shape index (κ3) is 1.94. The first kappa shape index (κ1) is 11.5. The quantitative estimate of drug-likeness (QED) is 0.829. The molecule has 4 heteroatoms. The second-order valence-corrected chi connectivity index (χ2v) is 4.91. The first-order valence-electron chi connectivity index (χ1n) is 5.95. The molecule has 90 valence electrons. The van der Waals surface area contributed by atoms with E-state index in [1.54, 1.807) is 13.3 Å². The number of nitrogens with zero attached hydrogens (tertiary/aromatic N) is 2. The summed E-state index contributed by atoms with van der Waals surface area (Å²) < 4.78 is 7.27. The van der Waals surface area contributed by atoms with Crippen molar-refractivity contribution in [2.75, 3.05) is 7.11 Å². The molecule has 2 N–H and O–H groups in total. The van der Waals surface area contributed by atoms with Gasteiger partial charge in [-0.15, -0.1) is 0 Å². The summed E-state index contributed by atoms with van der Waals surface area (Å²) in [7, 11) is 3.65. The van der Waals surface area contributed by atoms with Crippen LogP contribution in [0.3, 0.4) is 0 Å². The molecule has 3 unspecified atom stereocenters. The molecule has 1 aromatic heterocycles. The lowest BCUT2D eigenvalue weighted by Crippen LogP contribution is -2.35. The van der Waals surface area contributed by atoms with Crippen LogP contribution in [0.4, 0.5) is 0 Å². The van der Waals surface area contributed by atoms with Gasteiger partial charge >= 0.3 is 0 Å². The van der Waals surface area contributed by atoms with Crippen LogP contribution in [-0.2, 0) is 7.05 Å². The Hall–Kier alpha value is -1.03. The topological polar surface area (TPSA) is 53.1 Å². The monoisotopic (exact) mass is 223 g/mol. The highest BCUT2D eigenvalue weighted by atomic mass is 16.5. The highest BCUT2D eigenvalue weighted by molar-refractivity contribution is 5.30. The Morgan fingerprint density at radius 1 is 1.50 bits per heavy atom. The number of aryl methyl sites for hydroxylation is 1. The molecule has 0 saturated heterocycles. The molecule has 0 radical (unpaired) electrons. The van der Waals surface area contributed by atoms with E-state index in [0.717, 1.165) is 30.2 Å². The predicted octanol–water partition coefficient (Wildman–Crippen LogP) is 1.66. The lowest BCUT2D eigenvalue weighted by molar-refractivity contribution is 0.289. The largest absolute Gasteiger partial charge is 0.493 e. The van der Waals surface area contributed by atoms with E-state index in [4.69, 9.17) is 10.5 Å². The molecule has 16 heavy (non-hydrogen) atoms. The molecule has 0 aliphatic heterocycles. The van der Waals surface area contributed by atoms with Crippen molar-refractivity contribution in [3.8, 4) is 5.75 Å². The molecule has 1 fully saturated rings. The normalized spacial score (nSPS) is 30.4. The smallest absolute Gasteiger partial charge is 0.160 e. The first-order chi connectivity index (χ1) is 7.63. The molecular formula is C12H21N3O. The fourth-order valence-electron chi connectivity index (χ4n) is 2.73. The van der Waals surface area contributed by atoms with Crippen LogP contribution in [0.1, 0.15) is 37.8 Å². The number of aromatic nitrogens is 2. The SMILES string of the molecule is COc1cnn(C)c1C1CC(C)CCC1N. The van der Waals surface area contributed by atoms with Crippen LogP contribution < -0.4 is 10.5 Å². The first-order valence-corrected chi connectivity index (χ1v) is 5.95. The van der Waals surface area contributed by atoms with Gasteiger partial charge in [0.2, 0.25) is 0 Å². The average Bonchev–Trinajstić information content (AvgIpc) is 2.63. The van der Waals surface area contributed by atoms with Crippen LogP contribution in [0.2, 0.25) is 0 Å². The van der Waals surface area contributed by atoms with Gasteiger partial charge in [0.15, 0.2) is 5.75 Å². The third-order valence-electron chi connectivity index (χ3n) is 3.69. The van der Waals surface area contributed by atoms with Crippen LogP contribution >= 0.6 is 0 Å².